The summed E-state index contributed by atoms with van der Waals surface area (Å²) in [6.45, 7) is 8.64. The van der Waals surface area contributed by atoms with Gasteiger partial charge in [-0.25, -0.2) is 0 Å². The van der Waals surface area contributed by atoms with Crippen molar-refractivity contribution in [3.8, 4) is 0 Å². The van der Waals surface area contributed by atoms with Crippen molar-refractivity contribution >= 4 is 11.8 Å². The van der Waals surface area contributed by atoms with Gasteiger partial charge < -0.3 is 10.6 Å². The van der Waals surface area contributed by atoms with Crippen molar-refractivity contribution < 1.29 is 9.59 Å². The summed E-state index contributed by atoms with van der Waals surface area (Å²) in [4.78, 5) is 22.0. The molecule has 0 bridgehead atoms. The standard InChI is InChI=1S/C9H16N2O2/c1-5-8(12)11-7(4)9(13)10-6(2)3/h5-7H,1H2,2-4H3,(H,10,13)(H,11,12). The van der Waals surface area contributed by atoms with Gasteiger partial charge in [0.2, 0.25) is 11.8 Å². The molecule has 0 aromatic heterocycles. The van der Waals surface area contributed by atoms with Crippen molar-refractivity contribution in [2.75, 3.05) is 0 Å². The SMILES string of the molecule is C=CC(=O)NC(C)C(=O)NC(C)C. The molecule has 1 atom stereocenters. The zero-order chi connectivity index (χ0) is 10.4. The van der Waals surface area contributed by atoms with Gasteiger partial charge in [-0.15, -0.1) is 0 Å². The summed E-state index contributed by atoms with van der Waals surface area (Å²) < 4.78 is 0. The van der Waals surface area contributed by atoms with Gasteiger partial charge in [0.1, 0.15) is 6.04 Å². The summed E-state index contributed by atoms with van der Waals surface area (Å²) in [5.74, 6) is -0.531. The molecular weight excluding hydrogens is 168 g/mol. The van der Waals surface area contributed by atoms with E-state index >= 15 is 0 Å². The third-order valence-corrected chi connectivity index (χ3v) is 1.37. The summed E-state index contributed by atoms with van der Waals surface area (Å²) >= 11 is 0. The maximum Gasteiger partial charge on any atom is 0.244 e. The van der Waals surface area contributed by atoms with E-state index in [9.17, 15) is 9.59 Å². The zero-order valence-electron chi connectivity index (χ0n) is 8.26. The third-order valence-electron chi connectivity index (χ3n) is 1.37. The van der Waals surface area contributed by atoms with E-state index in [-0.39, 0.29) is 17.9 Å². The molecular formula is C9H16N2O2. The van der Waals surface area contributed by atoms with Crippen molar-refractivity contribution in [1.29, 1.82) is 0 Å². The molecule has 0 saturated carbocycles. The number of amides is 2. The molecule has 0 heterocycles. The molecule has 0 aliphatic rings. The van der Waals surface area contributed by atoms with Gasteiger partial charge in [-0.1, -0.05) is 6.58 Å². The predicted octanol–water partition coefficient (Wildman–Crippen LogP) is 0.202. The van der Waals surface area contributed by atoms with Gasteiger partial charge in [0.15, 0.2) is 0 Å². The Morgan fingerprint density at radius 1 is 1.23 bits per heavy atom. The van der Waals surface area contributed by atoms with E-state index in [2.05, 4.69) is 17.2 Å². The molecule has 2 amide bonds. The normalized spacial score (nSPS) is 12.0. The van der Waals surface area contributed by atoms with Crippen molar-refractivity contribution in [1.82, 2.24) is 10.6 Å². The maximum absolute atomic E-state index is 11.2. The second-order valence-corrected chi connectivity index (χ2v) is 3.10. The summed E-state index contributed by atoms with van der Waals surface area (Å²) in [7, 11) is 0. The highest BCUT2D eigenvalue weighted by atomic mass is 16.2. The lowest BCUT2D eigenvalue weighted by Crippen LogP contribution is -2.46. The molecule has 0 fully saturated rings. The molecule has 0 aromatic rings. The molecule has 0 radical (unpaired) electrons. The van der Waals surface area contributed by atoms with E-state index in [1.807, 2.05) is 13.8 Å². The second-order valence-electron chi connectivity index (χ2n) is 3.10. The van der Waals surface area contributed by atoms with Crippen LogP contribution in [0.3, 0.4) is 0 Å². The molecule has 0 rings (SSSR count). The van der Waals surface area contributed by atoms with E-state index in [1.165, 1.54) is 0 Å². The van der Waals surface area contributed by atoms with Crippen LogP contribution in [0.25, 0.3) is 0 Å². The number of carbonyl (C=O) groups excluding carboxylic acids is 2. The number of rotatable bonds is 4. The summed E-state index contributed by atoms with van der Waals surface area (Å²) in [5, 5.41) is 5.15. The smallest absolute Gasteiger partial charge is 0.244 e. The largest absolute Gasteiger partial charge is 0.352 e. The van der Waals surface area contributed by atoms with Crippen LogP contribution in [0.4, 0.5) is 0 Å². The fourth-order valence-corrected chi connectivity index (χ4v) is 0.747. The Hall–Kier alpha value is -1.32. The monoisotopic (exact) mass is 184 g/mol. The minimum Gasteiger partial charge on any atom is -0.352 e. The highest BCUT2D eigenvalue weighted by molar-refractivity contribution is 5.92. The molecule has 13 heavy (non-hydrogen) atoms. The fourth-order valence-electron chi connectivity index (χ4n) is 0.747. The molecule has 4 nitrogen and oxygen atoms in total. The number of hydrogen-bond acceptors (Lipinski definition) is 2. The number of nitrogens with one attached hydrogen (secondary N) is 2. The molecule has 0 spiro atoms. The van der Waals surface area contributed by atoms with Gasteiger partial charge in [0.05, 0.1) is 0 Å². The Morgan fingerprint density at radius 3 is 2.15 bits per heavy atom. The lowest BCUT2D eigenvalue weighted by atomic mass is 10.3. The Kier molecular flexibility index (Phi) is 4.80. The second kappa shape index (κ2) is 5.35. The molecule has 0 aliphatic carbocycles. The lowest BCUT2D eigenvalue weighted by molar-refractivity contribution is -0.127. The van der Waals surface area contributed by atoms with E-state index in [0.717, 1.165) is 6.08 Å². The van der Waals surface area contributed by atoms with Crippen LogP contribution in [0.15, 0.2) is 12.7 Å². The van der Waals surface area contributed by atoms with Gasteiger partial charge in [-0.2, -0.15) is 0 Å². The van der Waals surface area contributed by atoms with Crippen molar-refractivity contribution in [2.24, 2.45) is 0 Å². The number of carbonyl (C=O) groups is 2. The first-order chi connectivity index (χ1) is 5.97. The molecule has 74 valence electrons. The fraction of sp³-hybridized carbons (Fsp3) is 0.556. The molecule has 0 aliphatic heterocycles. The minimum absolute atomic E-state index is 0.0792. The van der Waals surface area contributed by atoms with Crippen molar-refractivity contribution in [2.45, 2.75) is 32.9 Å². The van der Waals surface area contributed by atoms with Gasteiger partial charge in [0, 0.05) is 6.04 Å². The van der Waals surface area contributed by atoms with E-state index in [4.69, 9.17) is 0 Å². The molecule has 0 aromatic carbocycles. The Morgan fingerprint density at radius 2 is 1.77 bits per heavy atom. The third kappa shape index (κ3) is 5.00. The lowest BCUT2D eigenvalue weighted by Gasteiger charge is -2.14. The van der Waals surface area contributed by atoms with Gasteiger partial charge in [0.25, 0.3) is 0 Å². The highest BCUT2D eigenvalue weighted by Crippen LogP contribution is 1.85. The summed E-state index contributed by atoms with van der Waals surface area (Å²) in [6, 6.07) is -0.441. The van der Waals surface area contributed by atoms with Crippen LogP contribution in [0, 0.1) is 0 Å². The Labute approximate surface area is 78.4 Å². The molecule has 2 N–H and O–H groups in total. The molecule has 4 heteroatoms. The highest BCUT2D eigenvalue weighted by Gasteiger charge is 2.13. The Bertz CT molecular complexity index is 212. The zero-order valence-corrected chi connectivity index (χ0v) is 8.26. The van der Waals surface area contributed by atoms with E-state index in [0.29, 0.717) is 0 Å². The van der Waals surface area contributed by atoms with Crippen LogP contribution >= 0.6 is 0 Å². The topological polar surface area (TPSA) is 58.2 Å². The van der Waals surface area contributed by atoms with Gasteiger partial charge >= 0.3 is 0 Å². The Balaban J connectivity index is 3.96. The first kappa shape index (κ1) is 11.7. The number of hydrogen-bond donors (Lipinski definition) is 2. The van der Waals surface area contributed by atoms with E-state index in [1.54, 1.807) is 6.92 Å². The van der Waals surface area contributed by atoms with Crippen LogP contribution < -0.4 is 10.6 Å². The quantitative estimate of drug-likeness (QED) is 0.613. The van der Waals surface area contributed by atoms with Crippen LogP contribution in [0.2, 0.25) is 0 Å². The first-order valence-corrected chi connectivity index (χ1v) is 4.20. The van der Waals surface area contributed by atoms with Crippen molar-refractivity contribution in [3.63, 3.8) is 0 Å². The van der Waals surface area contributed by atoms with Crippen LogP contribution in [0.5, 0.6) is 0 Å². The van der Waals surface area contributed by atoms with Gasteiger partial charge in [-0.3, -0.25) is 9.59 Å². The molecule has 1 unspecified atom stereocenters. The van der Waals surface area contributed by atoms with Gasteiger partial charge in [-0.05, 0) is 26.8 Å². The first-order valence-electron chi connectivity index (χ1n) is 4.20. The minimum atomic E-state index is -0.520. The summed E-state index contributed by atoms with van der Waals surface area (Å²) in [6.07, 6.45) is 1.14. The summed E-state index contributed by atoms with van der Waals surface area (Å²) in [5.41, 5.74) is 0. The average Bonchev–Trinajstić information content (AvgIpc) is 2.02. The van der Waals surface area contributed by atoms with Crippen LogP contribution in [-0.2, 0) is 9.59 Å². The van der Waals surface area contributed by atoms with Crippen molar-refractivity contribution in [3.05, 3.63) is 12.7 Å². The van der Waals surface area contributed by atoms with Crippen LogP contribution in [0.1, 0.15) is 20.8 Å². The van der Waals surface area contributed by atoms with Crippen LogP contribution in [-0.4, -0.2) is 23.9 Å². The van der Waals surface area contributed by atoms with E-state index < -0.39 is 6.04 Å². The average molecular weight is 184 g/mol. The molecule has 0 saturated heterocycles. The predicted molar refractivity (Wildman–Crippen MR) is 51.1 cm³/mol. The maximum atomic E-state index is 11.2.